The maximum absolute atomic E-state index is 5.85. The summed E-state index contributed by atoms with van der Waals surface area (Å²) in [6.07, 6.45) is 1.12. The number of anilines is 2. The van der Waals surface area contributed by atoms with Crippen molar-refractivity contribution in [2.45, 2.75) is 33.2 Å². The first kappa shape index (κ1) is 13.8. The minimum Gasteiger partial charge on any atom is -0.399 e. The number of hydrogen-bond donors (Lipinski definition) is 1. The molecule has 17 heavy (non-hydrogen) atoms. The minimum absolute atomic E-state index is 0.508. The molecule has 0 bridgehead atoms. The van der Waals surface area contributed by atoms with Crippen molar-refractivity contribution in [2.75, 3.05) is 30.9 Å². The Morgan fingerprint density at radius 2 is 2.12 bits per heavy atom. The van der Waals surface area contributed by atoms with E-state index in [-0.39, 0.29) is 0 Å². The molecule has 0 aromatic heterocycles. The molecule has 0 spiro atoms. The number of benzene rings is 1. The highest BCUT2D eigenvalue weighted by molar-refractivity contribution is 5.58. The van der Waals surface area contributed by atoms with Crippen LogP contribution in [0.15, 0.2) is 18.2 Å². The van der Waals surface area contributed by atoms with Crippen LogP contribution in [0.1, 0.15) is 25.8 Å². The zero-order valence-electron chi connectivity index (χ0n) is 11.4. The van der Waals surface area contributed by atoms with Crippen LogP contribution in [0, 0.1) is 6.92 Å². The smallest absolute Gasteiger partial charge is 0.0637 e. The molecule has 1 aromatic carbocycles. The Balaban J connectivity index is 2.91. The second kappa shape index (κ2) is 6.50. The van der Waals surface area contributed by atoms with Crippen LogP contribution in [0.3, 0.4) is 0 Å². The third-order valence-electron chi connectivity index (χ3n) is 3.24. The van der Waals surface area contributed by atoms with Crippen molar-refractivity contribution in [3.05, 3.63) is 23.8 Å². The van der Waals surface area contributed by atoms with E-state index in [0.29, 0.717) is 6.04 Å². The Morgan fingerprint density at radius 3 is 2.65 bits per heavy atom. The molecule has 0 radical (unpaired) electrons. The van der Waals surface area contributed by atoms with Gasteiger partial charge in [0.15, 0.2) is 0 Å². The Hall–Kier alpha value is -1.22. The van der Waals surface area contributed by atoms with E-state index in [1.54, 1.807) is 7.11 Å². The van der Waals surface area contributed by atoms with Gasteiger partial charge in [-0.1, -0.05) is 6.92 Å². The zero-order chi connectivity index (χ0) is 12.8. The van der Waals surface area contributed by atoms with Gasteiger partial charge in [0.05, 0.1) is 6.61 Å². The Bertz CT molecular complexity index is 352. The van der Waals surface area contributed by atoms with E-state index in [2.05, 4.69) is 30.9 Å². The lowest BCUT2D eigenvalue weighted by molar-refractivity contribution is 0.203. The molecular formula is C14H24N2O. The van der Waals surface area contributed by atoms with Gasteiger partial charge in [-0.2, -0.15) is 0 Å². The lowest BCUT2D eigenvalue weighted by atomic mass is 10.1. The molecular weight excluding hydrogens is 212 g/mol. The second-order valence-corrected chi connectivity index (χ2v) is 4.48. The van der Waals surface area contributed by atoms with E-state index >= 15 is 0 Å². The lowest BCUT2D eigenvalue weighted by Crippen LogP contribution is -2.35. The molecule has 0 aliphatic rings. The van der Waals surface area contributed by atoms with E-state index in [1.165, 1.54) is 5.69 Å². The summed E-state index contributed by atoms with van der Waals surface area (Å²) in [7, 11) is 1.74. The van der Waals surface area contributed by atoms with Crippen molar-refractivity contribution < 1.29 is 4.74 Å². The number of hydrogen-bond acceptors (Lipinski definition) is 3. The summed E-state index contributed by atoms with van der Waals surface area (Å²) in [5, 5.41) is 0. The number of nitrogens with two attached hydrogens (primary N) is 1. The third-order valence-corrected chi connectivity index (χ3v) is 3.24. The second-order valence-electron chi connectivity index (χ2n) is 4.48. The quantitative estimate of drug-likeness (QED) is 0.772. The summed E-state index contributed by atoms with van der Waals surface area (Å²) in [6.45, 7) is 8.14. The van der Waals surface area contributed by atoms with Gasteiger partial charge in [-0.15, -0.1) is 0 Å². The highest BCUT2D eigenvalue weighted by Gasteiger charge is 2.13. The van der Waals surface area contributed by atoms with Crippen LogP contribution >= 0.6 is 0 Å². The Morgan fingerprint density at radius 1 is 1.41 bits per heavy atom. The topological polar surface area (TPSA) is 38.5 Å². The monoisotopic (exact) mass is 236 g/mol. The van der Waals surface area contributed by atoms with Gasteiger partial charge in [0.2, 0.25) is 0 Å². The molecule has 2 N–H and O–H groups in total. The summed E-state index contributed by atoms with van der Waals surface area (Å²) in [6, 6.07) is 6.72. The predicted molar refractivity (Wildman–Crippen MR) is 74.6 cm³/mol. The molecule has 3 heteroatoms. The van der Waals surface area contributed by atoms with Gasteiger partial charge >= 0.3 is 0 Å². The summed E-state index contributed by atoms with van der Waals surface area (Å²) in [4.78, 5) is 2.37. The predicted octanol–water partition coefficient (Wildman–Crippen LogP) is 2.83. The van der Waals surface area contributed by atoms with Gasteiger partial charge in [0.25, 0.3) is 0 Å². The number of methoxy groups -OCH3 is 1. The van der Waals surface area contributed by atoms with Gasteiger partial charge in [-0.05, 0) is 44.0 Å². The van der Waals surface area contributed by atoms with E-state index in [9.17, 15) is 0 Å². The van der Waals surface area contributed by atoms with Crippen LogP contribution in [0.5, 0.6) is 0 Å². The first-order valence-corrected chi connectivity index (χ1v) is 6.21. The minimum atomic E-state index is 0.508. The van der Waals surface area contributed by atoms with Crippen LogP contribution in [-0.4, -0.2) is 26.3 Å². The van der Waals surface area contributed by atoms with E-state index in [0.717, 1.165) is 30.8 Å². The molecule has 96 valence electrons. The highest BCUT2D eigenvalue weighted by Crippen LogP contribution is 2.23. The molecule has 0 aliphatic heterocycles. The zero-order valence-corrected chi connectivity index (χ0v) is 11.4. The molecule has 1 unspecified atom stereocenters. The molecule has 0 heterocycles. The molecule has 0 saturated carbocycles. The van der Waals surface area contributed by atoms with Gasteiger partial charge in [-0.25, -0.2) is 0 Å². The van der Waals surface area contributed by atoms with Crippen molar-refractivity contribution in [2.24, 2.45) is 0 Å². The van der Waals surface area contributed by atoms with Crippen molar-refractivity contribution in [1.29, 1.82) is 0 Å². The van der Waals surface area contributed by atoms with Crippen molar-refractivity contribution in [1.82, 2.24) is 0 Å². The van der Waals surface area contributed by atoms with Crippen molar-refractivity contribution in [3.8, 4) is 0 Å². The maximum Gasteiger partial charge on any atom is 0.0637 e. The number of aryl methyl sites for hydroxylation is 1. The maximum atomic E-state index is 5.85. The summed E-state index contributed by atoms with van der Waals surface area (Å²) < 4.78 is 5.18. The van der Waals surface area contributed by atoms with Crippen molar-refractivity contribution >= 4 is 11.4 Å². The fourth-order valence-corrected chi connectivity index (χ4v) is 1.85. The van der Waals surface area contributed by atoms with E-state index < -0.39 is 0 Å². The number of nitrogen functional groups attached to an aromatic ring is 1. The SMILES string of the molecule is CCC(C)N(CCOC)c1ccc(N)c(C)c1. The summed E-state index contributed by atoms with van der Waals surface area (Å²) in [5.41, 5.74) is 9.06. The van der Waals surface area contributed by atoms with E-state index in [1.807, 2.05) is 13.0 Å². The standard InChI is InChI=1S/C14H24N2O/c1-5-12(3)16(8-9-17-4)13-6-7-14(15)11(2)10-13/h6-7,10,12H,5,8-9,15H2,1-4H3. The largest absolute Gasteiger partial charge is 0.399 e. The van der Waals surface area contributed by atoms with Crippen molar-refractivity contribution in [3.63, 3.8) is 0 Å². The first-order valence-electron chi connectivity index (χ1n) is 6.21. The molecule has 1 atom stereocenters. The average Bonchev–Trinajstić information content (AvgIpc) is 2.33. The van der Waals surface area contributed by atoms with Crippen LogP contribution < -0.4 is 10.6 Å². The normalized spacial score (nSPS) is 12.5. The van der Waals surface area contributed by atoms with E-state index in [4.69, 9.17) is 10.5 Å². The molecule has 0 fully saturated rings. The van der Waals surface area contributed by atoms with Gasteiger partial charge in [0.1, 0.15) is 0 Å². The Kier molecular flexibility index (Phi) is 5.29. The summed E-state index contributed by atoms with van der Waals surface area (Å²) >= 11 is 0. The number of rotatable bonds is 6. The van der Waals surface area contributed by atoms with Crippen LogP contribution in [0.4, 0.5) is 11.4 Å². The molecule has 0 aliphatic carbocycles. The third kappa shape index (κ3) is 3.63. The molecule has 3 nitrogen and oxygen atoms in total. The number of ether oxygens (including phenoxy) is 1. The lowest BCUT2D eigenvalue weighted by Gasteiger charge is -2.31. The van der Waals surface area contributed by atoms with Gasteiger partial charge < -0.3 is 15.4 Å². The van der Waals surface area contributed by atoms with Gasteiger partial charge in [0, 0.05) is 31.1 Å². The Labute approximate surface area is 105 Å². The fraction of sp³-hybridized carbons (Fsp3) is 0.571. The fourth-order valence-electron chi connectivity index (χ4n) is 1.85. The first-order chi connectivity index (χ1) is 8.10. The average molecular weight is 236 g/mol. The van der Waals surface area contributed by atoms with Crippen LogP contribution in [0.2, 0.25) is 0 Å². The number of nitrogens with zero attached hydrogens (tertiary/aromatic N) is 1. The highest BCUT2D eigenvalue weighted by atomic mass is 16.5. The molecule has 1 aromatic rings. The van der Waals surface area contributed by atoms with Crippen LogP contribution in [0.25, 0.3) is 0 Å². The molecule has 0 saturated heterocycles. The summed E-state index contributed by atoms with van der Waals surface area (Å²) in [5.74, 6) is 0. The van der Waals surface area contributed by atoms with Crippen LogP contribution in [-0.2, 0) is 4.74 Å². The van der Waals surface area contributed by atoms with Gasteiger partial charge in [-0.3, -0.25) is 0 Å². The molecule has 0 amide bonds. The molecule has 1 rings (SSSR count).